The van der Waals surface area contributed by atoms with Gasteiger partial charge in [0.2, 0.25) is 0 Å². The molecule has 3 aromatic carbocycles. The maximum Gasteiger partial charge on any atom is 0.343 e. The monoisotopic (exact) mass is 430 g/mol. The average molecular weight is 431 g/mol. The first-order chi connectivity index (χ1) is 15.5. The average Bonchev–Trinajstić information content (AvgIpc) is 2.81. The Balaban J connectivity index is 1.49. The van der Waals surface area contributed by atoms with Gasteiger partial charge in [-0.15, -0.1) is 0 Å². The van der Waals surface area contributed by atoms with Crippen LogP contribution in [0.15, 0.2) is 77.9 Å². The van der Waals surface area contributed by atoms with Gasteiger partial charge in [-0.3, -0.25) is 4.79 Å². The molecule has 0 aliphatic heterocycles. The first kappa shape index (κ1) is 22.7. The van der Waals surface area contributed by atoms with E-state index in [-0.39, 0.29) is 5.91 Å². The number of aryl methyl sites for hydroxylation is 1. The second-order valence-corrected chi connectivity index (χ2v) is 7.25. The van der Waals surface area contributed by atoms with Crippen LogP contribution in [0.2, 0.25) is 0 Å². The van der Waals surface area contributed by atoms with Crippen molar-refractivity contribution in [2.45, 2.75) is 26.7 Å². The summed E-state index contributed by atoms with van der Waals surface area (Å²) in [6.45, 7) is 4.72. The van der Waals surface area contributed by atoms with E-state index in [1.165, 1.54) is 6.21 Å². The Morgan fingerprint density at radius 2 is 1.50 bits per heavy atom. The molecule has 3 rings (SSSR count). The number of unbranched alkanes of at least 4 members (excludes halogenated alkanes) is 1. The van der Waals surface area contributed by atoms with Gasteiger partial charge in [0.25, 0.3) is 5.91 Å². The maximum absolute atomic E-state index is 12.2. The van der Waals surface area contributed by atoms with Crippen molar-refractivity contribution in [2.75, 3.05) is 6.61 Å². The summed E-state index contributed by atoms with van der Waals surface area (Å²) >= 11 is 0. The molecule has 6 nitrogen and oxygen atoms in total. The van der Waals surface area contributed by atoms with Crippen molar-refractivity contribution in [3.63, 3.8) is 0 Å². The lowest BCUT2D eigenvalue weighted by atomic mass is 10.1. The molecule has 1 N–H and O–H groups in total. The quantitative estimate of drug-likeness (QED) is 0.167. The number of rotatable bonds is 9. The van der Waals surface area contributed by atoms with Crippen LogP contribution in [0, 0.1) is 6.92 Å². The summed E-state index contributed by atoms with van der Waals surface area (Å²) in [5, 5.41) is 3.98. The second-order valence-electron chi connectivity index (χ2n) is 7.25. The smallest absolute Gasteiger partial charge is 0.343 e. The van der Waals surface area contributed by atoms with E-state index in [0.717, 1.165) is 29.7 Å². The molecular weight excluding hydrogens is 404 g/mol. The zero-order chi connectivity index (χ0) is 22.8. The first-order valence-electron chi connectivity index (χ1n) is 10.5. The van der Waals surface area contributed by atoms with Crippen LogP contribution in [-0.2, 0) is 0 Å². The predicted molar refractivity (Wildman–Crippen MR) is 124 cm³/mol. The Morgan fingerprint density at radius 1 is 0.875 bits per heavy atom. The van der Waals surface area contributed by atoms with E-state index in [0.29, 0.717) is 23.5 Å². The highest BCUT2D eigenvalue weighted by Crippen LogP contribution is 2.15. The Morgan fingerprint density at radius 3 is 2.16 bits per heavy atom. The Bertz CT molecular complexity index is 1060. The Hall–Kier alpha value is -3.93. The molecule has 1 amide bonds. The van der Waals surface area contributed by atoms with Crippen LogP contribution in [0.1, 0.15) is 51.6 Å². The van der Waals surface area contributed by atoms with Gasteiger partial charge < -0.3 is 9.47 Å². The van der Waals surface area contributed by atoms with E-state index in [4.69, 9.17) is 9.47 Å². The summed E-state index contributed by atoms with van der Waals surface area (Å²) in [6, 6.07) is 21.0. The van der Waals surface area contributed by atoms with Crippen molar-refractivity contribution >= 4 is 18.1 Å². The molecule has 0 saturated heterocycles. The highest BCUT2D eigenvalue weighted by molar-refractivity contribution is 5.95. The molecule has 0 atom stereocenters. The van der Waals surface area contributed by atoms with Crippen LogP contribution in [-0.4, -0.2) is 24.7 Å². The number of ether oxygens (including phenoxy) is 2. The lowest BCUT2D eigenvalue weighted by Gasteiger charge is -2.06. The number of carbonyl (C=O) groups is 2. The summed E-state index contributed by atoms with van der Waals surface area (Å²) in [6.07, 6.45) is 3.58. The Kier molecular flexibility index (Phi) is 8.15. The molecule has 0 aromatic heterocycles. The van der Waals surface area contributed by atoms with Gasteiger partial charge in [-0.05, 0) is 79.6 Å². The summed E-state index contributed by atoms with van der Waals surface area (Å²) in [7, 11) is 0. The van der Waals surface area contributed by atoms with E-state index < -0.39 is 5.97 Å². The normalized spacial score (nSPS) is 10.7. The van der Waals surface area contributed by atoms with Gasteiger partial charge in [-0.25, -0.2) is 10.2 Å². The topological polar surface area (TPSA) is 77.0 Å². The number of hydrogen-bond donors (Lipinski definition) is 1. The third kappa shape index (κ3) is 6.80. The van der Waals surface area contributed by atoms with E-state index in [9.17, 15) is 9.59 Å². The lowest BCUT2D eigenvalue weighted by Crippen LogP contribution is -2.17. The van der Waals surface area contributed by atoms with Crippen molar-refractivity contribution < 1.29 is 19.1 Å². The van der Waals surface area contributed by atoms with Gasteiger partial charge in [-0.2, -0.15) is 5.10 Å². The molecule has 3 aromatic rings. The summed E-state index contributed by atoms with van der Waals surface area (Å²) < 4.78 is 11.0. The minimum atomic E-state index is -0.416. The summed E-state index contributed by atoms with van der Waals surface area (Å²) in [5.41, 5.74) is 5.30. The number of nitrogens with one attached hydrogen (secondary N) is 1. The maximum atomic E-state index is 12.2. The molecule has 32 heavy (non-hydrogen) atoms. The number of benzene rings is 3. The van der Waals surface area contributed by atoms with Crippen LogP contribution in [0.5, 0.6) is 11.5 Å². The van der Waals surface area contributed by atoms with Crippen LogP contribution < -0.4 is 14.9 Å². The Labute approximate surface area is 187 Å². The van der Waals surface area contributed by atoms with E-state index in [1.54, 1.807) is 60.7 Å². The molecule has 0 aliphatic rings. The highest BCUT2D eigenvalue weighted by Gasteiger charge is 2.08. The molecule has 0 aliphatic carbocycles. The third-order valence-electron chi connectivity index (χ3n) is 4.64. The minimum Gasteiger partial charge on any atom is -0.494 e. The van der Waals surface area contributed by atoms with Crippen molar-refractivity contribution in [2.24, 2.45) is 5.10 Å². The third-order valence-corrected chi connectivity index (χ3v) is 4.64. The molecule has 0 radical (unpaired) electrons. The first-order valence-corrected chi connectivity index (χ1v) is 10.5. The van der Waals surface area contributed by atoms with Gasteiger partial charge in [0.05, 0.1) is 18.4 Å². The molecule has 0 bridgehead atoms. The summed E-state index contributed by atoms with van der Waals surface area (Å²) in [5.74, 6) is 0.435. The lowest BCUT2D eigenvalue weighted by molar-refractivity contribution is 0.0734. The van der Waals surface area contributed by atoms with Gasteiger partial charge in [0.15, 0.2) is 0 Å². The number of esters is 1. The molecule has 0 heterocycles. The number of amides is 1. The fraction of sp³-hybridized carbons (Fsp3) is 0.192. The molecule has 0 saturated carbocycles. The van der Waals surface area contributed by atoms with E-state index in [1.807, 2.05) is 19.1 Å². The van der Waals surface area contributed by atoms with Crippen LogP contribution in [0.3, 0.4) is 0 Å². The fourth-order valence-electron chi connectivity index (χ4n) is 2.74. The molecule has 0 fully saturated rings. The van der Waals surface area contributed by atoms with Gasteiger partial charge in [-0.1, -0.05) is 31.0 Å². The van der Waals surface area contributed by atoms with Gasteiger partial charge in [0, 0.05) is 5.56 Å². The van der Waals surface area contributed by atoms with Crippen LogP contribution >= 0.6 is 0 Å². The minimum absolute atomic E-state index is 0.315. The zero-order valence-corrected chi connectivity index (χ0v) is 18.2. The molecule has 0 spiro atoms. The zero-order valence-electron chi connectivity index (χ0n) is 18.2. The highest BCUT2D eigenvalue weighted by atomic mass is 16.5. The molecule has 164 valence electrons. The number of carbonyl (C=O) groups excluding carboxylic acids is 2. The van der Waals surface area contributed by atoms with Crippen molar-refractivity contribution in [3.05, 3.63) is 95.1 Å². The van der Waals surface area contributed by atoms with Gasteiger partial charge >= 0.3 is 5.97 Å². The van der Waals surface area contributed by atoms with E-state index in [2.05, 4.69) is 17.5 Å². The SMILES string of the molecule is CCCCOc1ccc(C(=O)N/N=C\c2ccc(OC(=O)c3ccc(C)cc3)cc2)cc1. The summed E-state index contributed by atoms with van der Waals surface area (Å²) in [4.78, 5) is 24.4. The van der Waals surface area contributed by atoms with E-state index >= 15 is 0 Å². The van der Waals surface area contributed by atoms with Gasteiger partial charge in [0.1, 0.15) is 11.5 Å². The largest absolute Gasteiger partial charge is 0.494 e. The van der Waals surface area contributed by atoms with Crippen molar-refractivity contribution in [1.29, 1.82) is 0 Å². The number of hydrazone groups is 1. The predicted octanol–water partition coefficient (Wildman–Crippen LogP) is 5.16. The number of nitrogens with zero attached hydrogens (tertiary/aromatic N) is 1. The second kappa shape index (κ2) is 11.5. The van der Waals surface area contributed by atoms with Crippen molar-refractivity contribution in [1.82, 2.24) is 5.43 Å². The molecule has 6 heteroatoms. The standard InChI is InChI=1S/C26H26N2O4/c1-3-4-17-31-23-15-11-21(12-16-23)25(29)28-27-18-20-7-13-24(14-8-20)32-26(30)22-9-5-19(2)6-10-22/h5-16,18H,3-4,17H2,1-2H3,(H,28,29)/b27-18-. The van der Waals surface area contributed by atoms with Crippen LogP contribution in [0.25, 0.3) is 0 Å². The molecule has 0 unspecified atom stereocenters. The van der Waals surface area contributed by atoms with Crippen molar-refractivity contribution in [3.8, 4) is 11.5 Å². The fourth-order valence-corrected chi connectivity index (χ4v) is 2.74. The van der Waals surface area contributed by atoms with Crippen LogP contribution in [0.4, 0.5) is 0 Å². The molecular formula is C26H26N2O4. The number of hydrogen-bond acceptors (Lipinski definition) is 5.